The lowest BCUT2D eigenvalue weighted by molar-refractivity contribution is 1.52. The number of fused-ring (bicyclic) bond motifs is 1. The maximum atomic E-state index is 9.43. The Labute approximate surface area is 144 Å². The van der Waals surface area contributed by atoms with Crippen LogP contribution in [0.2, 0.25) is 0 Å². The third-order valence-electron chi connectivity index (χ3n) is 3.60. The minimum atomic E-state index is 0.657. The molecule has 0 bridgehead atoms. The maximum Gasteiger partial charge on any atom is 0.0997 e. The normalized spacial score (nSPS) is 11.7. The summed E-state index contributed by atoms with van der Waals surface area (Å²) in [4.78, 5) is 0. The predicted octanol–water partition coefficient (Wildman–Crippen LogP) is 6.22. The molecule has 0 radical (unpaired) electrons. The summed E-state index contributed by atoms with van der Waals surface area (Å²) in [5.74, 6) is 0. The zero-order chi connectivity index (χ0) is 16.1. The second kappa shape index (κ2) is 7.09. The largest absolute Gasteiger partial charge is 0.192 e. The summed E-state index contributed by atoms with van der Waals surface area (Å²) in [5, 5.41) is 11.7. The van der Waals surface area contributed by atoms with Crippen molar-refractivity contribution in [1.29, 1.82) is 5.26 Å². The molecule has 0 heterocycles. The lowest BCUT2D eigenvalue weighted by Crippen LogP contribution is -1.82. The van der Waals surface area contributed by atoms with Gasteiger partial charge in [0.25, 0.3) is 0 Å². The topological polar surface area (TPSA) is 23.8 Å². The van der Waals surface area contributed by atoms with Gasteiger partial charge in [-0.15, -0.1) is 0 Å². The minimum Gasteiger partial charge on any atom is -0.192 e. The Hall–Kier alpha value is -2.63. The van der Waals surface area contributed by atoms with Crippen molar-refractivity contribution in [2.75, 3.05) is 0 Å². The van der Waals surface area contributed by atoms with Crippen molar-refractivity contribution in [2.24, 2.45) is 0 Å². The van der Waals surface area contributed by atoms with Crippen molar-refractivity contribution in [3.8, 4) is 6.07 Å². The van der Waals surface area contributed by atoms with E-state index in [1.807, 2.05) is 66.8 Å². The molecule has 1 nitrogen and oxygen atoms in total. The first-order chi connectivity index (χ1) is 11.3. The lowest BCUT2D eigenvalue weighted by Gasteiger charge is -2.02. The first-order valence-electron chi connectivity index (χ1n) is 7.29. The third-order valence-corrected chi connectivity index (χ3v) is 4.13. The van der Waals surface area contributed by atoms with E-state index in [0.717, 1.165) is 21.0 Å². The molecule has 3 aromatic carbocycles. The molecule has 2 heteroatoms. The molecule has 23 heavy (non-hydrogen) atoms. The molecule has 0 aliphatic carbocycles. The van der Waals surface area contributed by atoms with Crippen LogP contribution in [-0.2, 0) is 0 Å². The minimum absolute atomic E-state index is 0.657. The highest BCUT2D eigenvalue weighted by molar-refractivity contribution is 9.10. The highest BCUT2D eigenvalue weighted by atomic mass is 79.9. The van der Waals surface area contributed by atoms with E-state index < -0.39 is 0 Å². The van der Waals surface area contributed by atoms with E-state index in [9.17, 15) is 5.26 Å². The summed E-state index contributed by atoms with van der Waals surface area (Å²) in [6.07, 6.45) is 5.76. The summed E-state index contributed by atoms with van der Waals surface area (Å²) in [6.45, 7) is 0. The van der Waals surface area contributed by atoms with Crippen molar-refractivity contribution < 1.29 is 0 Å². The second-order valence-corrected chi connectivity index (χ2v) is 6.08. The van der Waals surface area contributed by atoms with Crippen LogP contribution in [0, 0.1) is 11.3 Å². The molecule has 0 spiro atoms. The standard InChI is InChI=1S/C21H14BrN/c22-21-12-8-16(9-13-21)4-3-7-20(15-23)19-11-10-17-5-1-2-6-18(17)14-19/h1-14H/b4-3+,20-7+. The van der Waals surface area contributed by atoms with Gasteiger partial charge < -0.3 is 0 Å². The van der Waals surface area contributed by atoms with E-state index in [-0.39, 0.29) is 0 Å². The SMILES string of the molecule is N#C/C(=C\C=C\c1ccc(Br)cc1)c1ccc2ccccc2c1. The first kappa shape index (κ1) is 15.3. The van der Waals surface area contributed by atoms with Crippen LogP contribution in [0.3, 0.4) is 0 Å². The summed E-state index contributed by atoms with van der Waals surface area (Å²) in [7, 11) is 0. The zero-order valence-electron chi connectivity index (χ0n) is 12.4. The fourth-order valence-corrected chi connectivity index (χ4v) is 2.65. The fourth-order valence-electron chi connectivity index (χ4n) is 2.38. The molecule has 110 valence electrons. The number of hydrogen-bond acceptors (Lipinski definition) is 1. The van der Waals surface area contributed by atoms with Crippen molar-refractivity contribution in [3.05, 3.63) is 94.5 Å². The molecule has 3 rings (SSSR count). The Morgan fingerprint density at radius 1 is 0.913 bits per heavy atom. The van der Waals surface area contributed by atoms with Crippen molar-refractivity contribution >= 4 is 38.4 Å². The number of rotatable bonds is 3. The van der Waals surface area contributed by atoms with Crippen LogP contribution in [0.15, 0.2) is 83.4 Å². The lowest BCUT2D eigenvalue weighted by atomic mass is 10.0. The molecule has 0 aliphatic rings. The van der Waals surface area contributed by atoms with E-state index >= 15 is 0 Å². The number of hydrogen-bond donors (Lipinski definition) is 0. The molecule has 0 N–H and O–H groups in total. The van der Waals surface area contributed by atoms with Crippen molar-refractivity contribution in [3.63, 3.8) is 0 Å². The molecule has 0 amide bonds. The number of halogens is 1. The van der Waals surface area contributed by atoms with Gasteiger partial charge in [-0.25, -0.2) is 0 Å². The number of nitriles is 1. The molecular weight excluding hydrogens is 346 g/mol. The molecule has 0 fully saturated rings. The number of benzene rings is 3. The van der Waals surface area contributed by atoms with Crippen LogP contribution < -0.4 is 0 Å². The third kappa shape index (κ3) is 3.77. The fraction of sp³-hybridized carbons (Fsp3) is 0. The van der Waals surface area contributed by atoms with Crippen molar-refractivity contribution in [2.45, 2.75) is 0 Å². The summed E-state index contributed by atoms with van der Waals surface area (Å²) in [6, 6.07) is 24.6. The van der Waals surface area contributed by atoms with Gasteiger partial charge in [-0.3, -0.25) is 0 Å². The molecule has 0 unspecified atom stereocenters. The van der Waals surface area contributed by atoms with E-state index in [0.29, 0.717) is 5.57 Å². The molecule has 3 aromatic rings. The van der Waals surface area contributed by atoms with Gasteiger partial charge >= 0.3 is 0 Å². The van der Waals surface area contributed by atoms with Gasteiger partial charge in [0.15, 0.2) is 0 Å². The van der Waals surface area contributed by atoms with Gasteiger partial charge in [0, 0.05) is 4.47 Å². The Balaban J connectivity index is 1.88. The van der Waals surface area contributed by atoms with Gasteiger partial charge in [0.05, 0.1) is 11.6 Å². The van der Waals surface area contributed by atoms with Crippen LogP contribution in [0.1, 0.15) is 11.1 Å². The van der Waals surface area contributed by atoms with Gasteiger partial charge in [-0.05, 0) is 46.2 Å². The van der Waals surface area contributed by atoms with Crippen molar-refractivity contribution in [1.82, 2.24) is 0 Å². The van der Waals surface area contributed by atoms with Crippen LogP contribution in [-0.4, -0.2) is 0 Å². The van der Waals surface area contributed by atoms with Gasteiger partial charge in [0.1, 0.15) is 0 Å². The highest BCUT2D eigenvalue weighted by Gasteiger charge is 2.01. The van der Waals surface area contributed by atoms with E-state index in [1.165, 1.54) is 5.39 Å². The number of allylic oxidation sites excluding steroid dienone is 3. The van der Waals surface area contributed by atoms with Gasteiger partial charge in [-0.1, -0.05) is 76.6 Å². The molecule has 0 saturated carbocycles. The second-order valence-electron chi connectivity index (χ2n) is 5.16. The quantitative estimate of drug-likeness (QED) is 0.402. The predicted molar refractivity (Wildman–Crippen MR) is 101 cm³/mol. The first-order valence-corrected chi connectivity index (χ1v) is 8.09. The molecule has 0 aromatic heterocycles. The molecule has 0 aliphatic heterocycles. The average Bonchev–Trinajstić information content (AvgIpc) is 2.60. The van der Waals surface area contributed by atoms with Crippen LogP contribution >= 0.6 is 15.9 Å². The van der Waals surface area contributed by atoms with Gasteiger partial charge in [-0.2, -0.15) is 5.26 Å². The van der Waals surface area contributed by atoms with Gasteiger partial charge in [0.2, 0.25) is 0 Å². The van der Waals surface area contributed by atoms with E-state index in [4.69, 9.17) is 0 Å². The molecule has 0 atom stereocenters. The smallest absolute Gasteiger partial charge is 0.0997 e. The summed E-state index contributed by atoms with van der Waals surface area (Å²) < 4.78 is 1.05. The number of nitrogens with zero attached hydrogens (tertiary/aromatic N) is 1. The Bertz CT molecular complexity index is 928. The summed E-state index contributed by atoms with van der Waals surface area (Å²) in [5.41, 5.74) is 2.69. The van der Waals surface area contributed by atoms with E-state index in [2.05, 4.69) is 40.2 Å². The van der Waals surface area contributed by atoms with E-state index in [1.54, 1.807) is 0 Å². The van der Waals surface area contributed by atoms with Crippen LogP contribution in [0.25, 0.3) is 22.4 Å². The monoisotopic (exact) mass is 359 g/mol. The Kier molecular flexibility index (Phi) is 4.71. The average molecular weight is 360 g/mol. The van der Waals surface area contributed by atoms with Crippen LogP contribution in [0.4, 0.5) is 0 Å². The van der Waals surface area contributed by atoms with Crippen LogP contribution in [0.5, 0.6) is 0 Å². The zero-order valence-corrected chi connectivity index (χ0v) is 14.0. The maximum absolute atomic E-state index is 9.43. The molecule has 0 saturated heterocycles. The molecular formula is C21H14BrN. The highest BCUT2D eigenvalue weighted by Crippen LogP contribution is 2.21. The Morgan fingerprint density at radius 2 is 1.65 bits per heavy atom. The Morgan fingerprint density at radius 3 is 2.39 bits per heavy atom. The summed E-state index contributed by atoms with van der Waals surface area (Å²) >= 11 is 3.42.